The van der Waals surface area contributed by atoms with Crippen molar-refractivity contribution in [3.63, 3.8) is 0 Å². The Morgan fingerprint density at radius 1 is 1.19 bits per heavy atom. The van der Waals surface area contributed by atoms with Gasteiger partial charge in [-0.2, -0.15) is 0 Å². The number of nitrogens with one attached hydrogen (secondary N) is 3. The van der Waals surface area contributed by atoms with E-state index in [2.05, 4.69) is 20.9 Å². The number of pyridine rings is 1. The Hall–Kier alpha value is -2.63. The number of halogens is 1. The first-order valence-corrected chi connectivity index (χ1v) is 6.59. The van der Waals surface area contributed by atoms with Crippen LogP contribution in [0.5, 0.6) is 0 Å². The third-order valence-corrected chi connectivity index (χ3v) is 2.54. The zero-order chi connectivity index (χ0) is 15.2. The van der Waals surface area contributed by atoms with E-state index < -0.39 is 0 Å². The fraction of sp³-hybridized carbons (Fsp3) is 0.200. The summed E-state index contributed by atoms with van der Waals surface area (Å²) in [5.74, 6) is 0.134. The first-order valence-electron chi connectivity index (χ1n) is 6.59. The van der Waals surface area contributed by atoms with Gasteiger partial charge in [0, 0.05) is 11.7 Å². The molecule has 0 unspecified atom stereocenters. The molecule has 0 spiro atoms. The second-order valence-electron chi connectivity index (χ2n) is 4.82. The minimum atomic E-state index is -0.309. The molecule has 0 saturated carbocycles. The number of carbonyl (C=O) groups is 1. The lowest BCUT2D eigenvalue weighted by molar-refractivity contribution is 0.250. The second kappa shape index (κ2) is 6.69. The van der Waals surface area contributed by atoms with E-state index >= 15 is 0 Å². The molecule has 1 aromatic heterocycles. The van der Waals surface area contributed by atoms with E-state index in [4.69, 9.17) is 0 Å². The van der Waals surface area contributed by atoms with Crippen LogP contribution in [0.25, 0.3) is 0 Å². The monoisotopic (exact) mass is 288 g/mol. The molecule has 5 nitrogen and oxygen atoms in total. The minimum absolute atomic E-state index is 0.0546. The number of benzene rings is 1. The molecule has 2 aromatic rings. The Balaban J connectivity index is 1.97. The summed E-state index contributed by atoms with van der Waals surface area (Å²) in [6, 6.07) is 9.32. The normalized spacial score (nSPS) is 10.3. The molecule has 21 heavy (non-hydrogen) atoms. The Bertz CT molecular complexity index is 613. The van der Waals surface area contributed by atoms with Gasteiger partial charge >= 0.3 is 6.03 Å². The minimum Gasteiger partial charge on any atom is -0.354 e. The number of rotatable bonds is 4. The molecule has 0 aliphatic carbocycles. The molecule has 0 aliphatic rings. The van der Waals surface area contributed by atoms with E-state index in [9.17, 15) is 9.18 Å². The Kier molecular flexibility index (Phi) is 4.71. The third-order valence-electron chi connectivity index (χ3n) is 2.54. The average molecular weight is 288 g/mol. The molecule has 110 valence electrons. The molecule has 3 N–H and O–H groups in total. The maximum Gasteiger partial charge on any atom is 0.320 e. The van der Waals surface area contributed by atoms with Crippen LogP contribution >= 0.6 is 0 Å². The SMILES string of the molecule is CC(C)NC(=O)Nc1ccc(Nc2cccc(F)c2)cn1. The smallest absolute Gasteiger partial charge is 0.320 e. The number of urea groups is 1. The molecular weight excluding hydrogens is 271 g/mol. The van der Waals surface area contributed by atoms with Crippen molar-refractivity contribution < 1.29 is 9.18 Å². The predicted octanol–water partition coefficient (Wildman–Crippen LogP) is 3.49. The van der Waals surface area contributed by atoms with Gasteiger partial charge in [-0.3, -0.25) is 5.32 Å². The van der Waals surface area contributed by atoms with Gasteiger partial charge in [0.2, 0.25) is 0 Å². The first-order chi connectivity index (χ1) is 10.0. The van der Waals surface area contributed by atoms with Crippen LogP contribution in [0.1, 0.15) is 13.8 Å². The first kappa shape index (κ1) is 14.8. The van der Waals surface area contributed by atoms with Crippen molar-refractivity contribution in [3.05, 3.63) is 48.4 Å². The van der Waals surface area contributed by atoms with Crippen molar-refractivity contribution in [2.45, 2.75) is 19.9 Å². The van der Waals surface area contributed by atoms with E-state index in [1.807, 2.05) is 13.8 Å². The lowest BCUT2D eigenvalue weighted by Gasteiger charge is -2.10. The summed E-state index contributed by atoms with van der Waals surface area (Å²) in [5, 5.41) is 8.36. The van der Waals surface area contributed by atoms with Gasteiger partial charge in [0.25, 0.3) is 0 Å². The van der Waals surface area contributed by atoms with Crippen molar-refractivity contribution in [1.29, 1.82) is 0 Å². The molecule has 0 aliphatic heterocycles. The molecule has 1 aromatic carbocycles. The number of carbonyl (C=O) groups excluding carboxylic acids is 1. The Morgan fingerprint density at radius 2 is 2.00 bits per heavy atom. The fourth-order valence-electron chi connectivity index (χ4n) is 1.69. The Labute approximate surface area is 122 Å². The van der Waals surface area contributed by atoms with Gasteiger partial charge < -0.3 is 10.6 Å². The van der Waals surface area contributed by atoms with Crippen LogP contribution in [0.3, 0.4) is 0 Å². The topological polar surface area (TPSA) is 66.1 Å². The van der Waals surface area contributed by atoms with Gasteiger partial charge in [-0.15, -0.1) is 0 Å². The van der Waals surface area contributed by atoms with E-state index in [-0.39, 0.29) is 17.9 Å². The number of hydrogen-bond acceptors (Lipinski definition) is 3. The number of nitrogens with zero attached hydrogens (tertiary/aromatic N) is 1. The molecule has 0 saturated heterocycles. The number of amides is 2. The summed E-state index contributed by atoms with van der Waals surface area (Å²) in [4.78, 5) is 15.6. The summed E-state index contributed by atoms with van der Waals surface area (Å²) in [6.45, 7) is 3.75. The molecule has 0 atom stereocenters. The largest absolute Gasteiger partial charge is 0.354 e. The number of hydrogen-bond donors (Lipinski definition) is 3. The quantitative estimate of drug-likeness (QED) is 0.806. The van der Waals surface area contributed by atoms with Gasteiger partial charge in [0.05, 0.1) is 11.9 Å². The van der Waals surface area contributed by atoms with E-state index in [0.717, 1.165) is 0 Å². The molecule has 0 fully saturated rings. The van der Waals surface area contributed by atoms with Crippen LogP contribution in [0.15, 0.2) is 42.6 Å². The highest BCUT2D eigenvalue weighted by molar-refractivity contribution is 5.88. The molecule has 0 bridgehead atoms. The molecule has 2 amide bonds. The van der Waals surface area contributed by atoms with Gasteiger partial charge in [-0.05, 0) is 44.2 Å². The summed E-state index contributed by atoms with van der Waals surface area (Å²) >= 11 is 0. The van der Waals surface area contributed by atoms with Crippen LogP contribution in [0, 0.1) is 5.82 Å². The number of aromatic nitrogens is 1. The molecule has 0 radical (unpaired) electrons. The van der Waals surface area contributed by atoms with Crippen LogP contribution in [-0.2, 0) is 0 Å². The van der Waals surface area contributed by atoms with Gasteiger partial charge in [0.1, 0.15) is 11.6 Å². The van der Waals surface area contributed by atoms with Crippen LogP contribution in [-0.4, -0.2) is 17.1 Å². The maximum atomic E-state index is 13.1. The van der Waals surface area contributed by atoms with Crippen molar-refractivity contribution in [2.75, 3.05) is 10.6 Å². The van der Waals surface area contributed by atoms with E-state index in [1.165, 1.54) is 12.1 Å². The average Bonchev–Trinajstić information content (AvgIpc) is 2.40. The second-order valence-corrected chi connectivity index (χ2v) is 4.82. The van der Waals surface area contributed by atoms with Gasteiger partial charge in [0.15, 0.2) is 0 Å². The zero-order valence-electron chi connectivity index (χ0n) is 11.9. The van der Waals surface area contributed by atoms with Crippen LogP contribution in [0.4, 0.5) is 26.4 Å². The van der Waals surface area contributed by atoms with Crippen LogP contribution < -0.4 is 16.0 Å². The third kappa shape index (κ3) is 4.76. The van der Waals surface area contributed by atoms with Crippen molar-refractivity contribution in [3.8, 4) is 0 Å². The Morgan fingerprint density at radius 3 is 2.62 bits per heavy atom. The summed E-state index contributed by atoms with van der Waals surface area (Å²) in [7, 11) is 0. The highest BCUT2D eigenvalue weighted by Gasteiger charge is 2.04. The highest BCUT2D eigenvalue weighted by Crippen LogP contribution is 2.17. The molecule has 6 heteroatoms. The highest BCUT2D eigenvalue weighted by atomic mass is 19.1. The fourth-order valence-corrected chi connectivity index (χ4v) is 1.69. The van der Waals surface area contributed by atoms with E-state index in [1.54, 1.807) is 30.5 Å². The maximum absolute atomic E-state index is 13.1. The lowest BCUT2D eigenvalue weighted by atomic mass is 10.3. The predicted molar refractivity (Wildman–Crippen MR) is 81.2 cm³/mol. The van der Waals surface area contributed by atoms with Gasteiger partial charge in [-0.25, -0.2) is 14.2 Å². The molecule has 1 heterocycles. The standard InChI is InChI=1S/C15H17FN4O/c1-10(2)18-15(21)20-14-7-6-13(9-17-14)19-12-5-3-4-11(16)8-12/h3-10,19H,1-2H3,(H2,17,18,20,21). The van der Waals surface area contributed by atoms with Gasteiger partial charge in [-0.1, -0.05) is 6.07 Å². The molecular formula is C15H17FN4O. The van der Waals surface area contributed by atoms with Crippen molar-refractivity contribution in [1.82, 2.24) is 10.3 Å². The lowest BCUT2D eigenvalue weighted by Crippen LogP contribution is -2.34. The molecule has 2 rings (SSSR count). The summed E-state index contributed by atoms with van der Waals surface area (Å²) in [6.07, 6.45) is 1.57. The number of anilines is 3. The zero-order valence-corrected chi connectivity index (χ0v) is 11.9. The van der Waals surface area contributed by atoms with Crippen molar-refractivity contribution >= 4 is 23.2 Å². The van der Waals surface area contributed by atoms with Crippen molar-refractivity contribution in [2.24, 2.45) is 0 Å². The summed E-state index contributed by atoms with van der Waals surface area (Å²) < 4.78 is 13.1. The summed E-state index contributed by atoms with van der Waals surface area (Å²) in [5.41, 5.74) is 1.34. The van der Waals surface area contributed by atoms with E-state index in [0.29, 0.717) is 17.2 Å². The van der Waals surface area contributed by atoms with Crippen LogP contribution in [0.2, 0.25) is 0 Å².